The minimum Gasteiger partial charge on any atom is -0.262 e. The molecule has 0 amide bonds. The van der Waals surface area contributed by atoms with E-state index in [1.807, 2.05) is 6.92 Å². The molecule has 0 aliphatic heterocycles. The van der Waals surface area contributed by atoms with Crippen LogP contribution in [0.4, 0.5) is 13.2 Å². The van der Waals surface area contributed by atoms with E-state index in [0.29, 0.717) is 17.2 Å². The van der Waals surface area contributed by atoms with Gasteiger partial charge in [0.2, 0.25) is 0 Å². The van der Waals surface area contributed by atoms with Crippen molar-refractivity contribution in [1.29, 1.82) is 0 Å². The molecule has 0 aliphatic rings. The summed E-state index contributed by atoms with van der Waals surface area (Å²) in [5.41, 5.74) is 1.34. The number of aryl methyl sites for hydroxylation is 3. The lowest BCUT2D eigenvalue weighted by Gasteiger charge is -2.01. The Morgan fingerprint density at radius 3 is 2.62 bits per heavy atom. The first kappa shape index (κ1) is 17.0. The standard InChI is InChI=1S/C16H15F3N6S/c1-4-10-9(3)26-15-13(10)14-21-12(23-25(14)7-20-15)6-24-8(2)5-11(22-24)16(17,18)19/h5,7H,4,6H2,1-3H3. The molecule has 4 rings (SSSR count). The number of aromatic nitrogens is 6. The third-order valence-corrected chi connectivity index (χ3v) is 5.35. The second-order valence-electron chi connectivity index (χ2n) is 6.04. The van der Waals surface area contributed by atoms with Crippen LogP contribution >= 0.6 is 11.3 Å². The Morgan fingerprint density at radius 2 is 1.96 bits per heavy atom. The van der Waals surface area contributed by atoms with Gasteiger partial charge in [0.25, 0.3) is 0 Å². The molecule has 0 unspecified atom stereocenters. The van der Waals surface area contributed by atoms with Crippen LogP contribution in [0.2, 0.25) is 0 Å². The maximum absolute atomic E-state index is 12.8. The van der Waals surface area contributed by atoms with Crippen LogP contribution in [0, 0.1) is 13.8 Å². The van der Waals surface area contributed by atoms with Gasteiger partial charge in [-0.2, -0.15) is 18.3 Å². The van der Waals surface area contributed by atoms with Gasteiger partial charge >= 0.3 is 6.18 Å². The highest BCUT2D eigenvalue weighted by Crippen LogP contribution is 2.32. The molecule has 6 nitrogen and oxygen atoms in total. The number of nitrogens with zero attached hydrogens (tertiary/aromatic N) is 6. The zero-order chi connectivity index (χ0) is 18.6. The minimum atomic E-state index is -4.47. The Hall–Kier alpha value is -2.49. The second-order valence-corrected chi connectivity index (χ2v) is 7.24. The van der Waals surface area contributed by atoms with Crippen molar-refractivity contribution >= 4 is 27.2 Å². The van der Waals surface area contributed by atoms with Crippen LogP contribution in [-0.4, -0.2) is 29.4 Å². The summed E-state index contributed by atoms with van der Waals surface area (Å²) < 4.78 is 41.3. The van der Waals surface area contributed by atoms with E-state index in [1.165, 1.54) is 15.1 Å². The molecule has 0 aromatic carbocycles. The summed E-state index contributed by atoms with van der Waals surface area (Å²) in [5, 5.41) is 8.96. The number of thiophene rings is 1. The number of alkyl halides is 3. The Labute approximate surface area is 150 Å². The highest BCUT2D eigenvalue weighted by atomic mass is 32.1. The average molecular weight is 380 g/mol. The maximum Gasteiger partial charge on any atom is 0.435 e. The molecule has 0 aliphatic carbocycles. The van der Waals surface area contributed by atoms with Gasteiger partial charge in [-0.15, -0.1) is 16.4 Å². The van der Waals surface area contributed by atoms with E-state index in [-0.39, 0.29) is 6.54 Å². The zero-order valence-corrected chi connectivity index (χ0v) is 15.1. The third-order valence-electron chi connectivity index (χ3n) is 4.29. The van der Waals surface area contributed by atoms with Crippen LogP contribution in [0.1, 0.15) is 34.6 Å². The van der Waals surface area contributed by atoms with Gasteiger partial charge in [-0.25, -0.2) is 14.5 Å². The molecule has 0 radical (unpaired) electrons. The maximum atomic E-state index is 12.8. The molecule has 4 heterocycles. The fourth-order valence-corrected chi connectivity index (χ4v) is 4.12. The molecule has 0 atom stereocenters. The van der Waals surface area contributed by atoms with Crippen molar-refractivity contribution in [2.24, 2.45) is 0 Å². The van der Waals surface area contributed by atoms with E-state index in [2.05, 4.69) is 27.1 Å². The normalized spacial score (nSPS) is 12.5. The van der Waals surface area contributed by atoms with E-state index < -0.39 is 11.9 Å². The van der Waals surface area contributed by atoms with Gasteiger partial charge in [-0.05, 0) is 31.9 Å². The molecule has 0 fully saturated rings. The zero-order valence-electron chi connectivity index (χ0n) is 14.3. The SMILES string of the molecule is CCc1c(C)sc2ncn3nc(Cn4nc(C(F)(F)F)cc4C)nc3c12. The van der Waals surface area contributed by atoms with E-state index in [9.17, 15) is 13.2 Å². The summed E-state index contributed by atoms with van der Waals surface area (Å²) in [7, 11) is 0. The molecule has 0 saturated heterocycles. The van der Waals surface area contributed by atoms with Crippen molar-refractivity contribution in [3.05, 3.63) is 40.0 Å². The Morgan fingerprint density at radius 1 is 1.19 bits per heavy atom. The van der Waals surface area contributed by atoms with Crippen molar-refractivity contribution in [2.75, 3.05) is 0 Å². The van der Waals surface area contributed by atoms with E-state index in [1.54, 1.807) is 29.1 Å². The van der Waals surface area contributed by atoms with E-state index in [4.69, 9.17) is 0 Å². The molecule has 0 saturated carbocycles. The first-order valence-corrected chi connectivity index (χ1v) is 8.83. The molecule has 0 bridgehead atoms. The predicted octanol–water partition coefficient (Wildman–Crippen LogP) is 3.78. The van der Waals surface area contributed by atoms with E-state index >= 15 is 0 Å². The first-order chi connectivity index (χ1) is 12.3. The lowest BCUT2D eigenvalue weighted by Crippen LogP contribution is -2.09. The topological polar surface area (TPSA) is 60.9 Å². The monoisotopic (exact) mass is 380 g/mol. The second kappa shape index (κ2) is 5.76. The molecular formula is C16H15F3N6S. The quantitative estimate of drug-likeness (QED) is 0.543. The molecule has 0 spiro atoms. The number of rotatable bonds is 3. The largest absolute Gasteiger partial charge is 0.435 e. The average Bonchev–Trinajstić information content (AvgIpc) is 3.21. The van der Waals surface area contributed by atoms with Gasteiger partial charge in [0, 0.05) is 10.6 Å². The predicted molar refractivity (Wildman–Crippen MR) is 91.3 cm³/mol. The summed E-state index contributed by atoms with van der Waals surface area (Å²) in [6.45, 7) is 5.76. The highest BCUT2D eigenvalue weighted by Gasteiger charge is 2.34. The van der Waals surface area contributed by atoms with Gasteiger partial charge in [0.15, 0.2) is 17.2 Å². The molecule has 26 heavy (non-hydrogen) atoms. The first-order valence-electron chi connectivity index (χ1n) is 8.01. The van der Waals surface area contributed by atoms with Crippen molar-refractivity contribution in [3.8, 4) is 0 Å². The lowest BCUT2D eigenvalue weighted by atomic mass is 10.1. The molecule has 4 aromatic rings. The van der Waals surface area contributed by atoms with E-state index in [0.717, 1.165) is 22.7 Å². The number of halogens is 3. The van der Waals surface area contributed by atoms with Gasteiger partial charge in [0.05, 0.1) is 5.39 Å². The lowest BCUT2D eigenvalue weighted by molar-refractivity contribution is -0.141. The van der Waals surface area contributed by atoms with Crippen molar-refractivity contribution < 1.29 is 13.2 Å². The smallest absolute Gasteiger partial charge is 0.262 e. The van der Waals surface area contributed by atoms with Crippen molar-refractivity contribution in [1.82, 2.24) is 29.4 Å². The van der Waals surface area contributed by atoms with Crippen molar-refractivity contribution in [3.63, 3.8) is 0 Å². The number of fused-ring (bicyclic) bond motifs is 3. The van der Waals surface area contributed by atoms with Crippen LogP contribution in [-0.2, 0) is 19.1 Å². The van der Waals surface area contributed by atoms with Crippen molar-refractivity contribution in [2.45, 2.75) is 39.9 Å². The minimum absolute atomic E-state index is 0.0651. The van der Waals surface area contributed by atoms with Crippen LogP contribution in [0.25, 0.3) is 15.9 Å². The fraction of sp³-hybridized carbons (Fsp3) is 0.375. The molecular weight excluding hydrogens is 365 g/mol. The molecule has 4 aromatic heterocycles. The Bertz CT molecular complexity index is 1120. The highest BCUT2D eigenvalue weighted by molar-refractivity contribution is 7.18. The van der Waals surface area contributed by atoms with Crippen LogP contribution in [0.5, 0.6) is 0 Å². The summed E-state index contributed by atoms with van der Waals surface area (Å²) in [6.07, 6.45) is -2.04. The van der Waals surface area contributed by atoms with Crippen LogP contribution in [0.3, 0.4) is 0 Å². The summed E-state index contributed by atoms with van der Waals surface area (Å²) in [4.78, 5) is 11.0. The molecule has 0 N–H and O–H groups in total. The Kier molecular flexibility index (Phi) is 3.76. The summed E-state index contributed by atoms with van der Waals surface area (Å²) in [5.74, 6) is 0.394. The van der Waals surface area contributed by atoms with Gasteiger partial charge in [0.1, 0.15) is 17.7 Å². The third kappa shape index (κ3) is 2.64. The summed E-state index contributed by atoms with van der Waals surface area (Å²) in [6, 6.07) is 1.02. The fourth-order valence-electron chi connectivity index (χ4n) is 3.05. The number of hydrogen-bond acceptors (Lipinski definition) is 5. The molecule has 10 heteroatoms. The summed E-state index contributed by atoms with van der Waals surface area (Å²) >= 11 is 1.61. The molecule has 136 valence electrons. The van der Waals surface area contributed by atoms with Crippen LogP contribution in [0.15, 0.2) is 12.4 Å². The van der Waals surface area contributed by atoms with Gasteiger partial charge < -0.3 is 0 Å². The van der Waals surface area contributed by atoms with Gasteiger partial charge in [-0.3, -0.25) is 4.68 Å². The van der Waals surface area contributed by atoms with Gasteiger partial charge in [-0.1, -0.05) is 6.92 Å². The number of hydrogen-bond donors (Lipinski definition) is 0. The van der Waals surface area contributed by atoms with Crippen LogP contribution < -0.4 is 0 Å². The Balaban J connectivity index is 1.79.